The standard InChI is InChI=1S/C26H26O2/c1-19-7-12-23(13-8-19)25(14-9-21-10-15-26(28-3)16-11-21)18-22-5-4-6-24(17-22)20(2)27/h4-17,25H,18H2,1-3H3/b14-9+. The highest BCUT2D eigenvalue weighted by atomic mass is 16.5. The highest BCUT2D eigenvalue weighted by molar-refractivity contribution is 5.94. The van der Waals surface area contributed by atoms with Gasteiger partial charge in [0, 0.05) is 11.5 Å². The Hall–Kier alpha value is -3.13. The van der Waals surface area contributed by atoms with Crippen LogP contribution in [0.5, 0.6) is 5.75 Å². The summed E-state index contributed by atoms with van der Waals surface area (Å²) in [5.74, 6) is 1.18. The zero-order valence-corrected chi connectivity index (χ0v) is 16.7. The van der Waals surface area contributed by atoms with E-state index in [-0.39, 0.29) is 11.7 Å². The molecule has 0 saturated heterocycles. The SMILES string of the molecule is COc1ccc(/C=C/C(Cc2cccc(C(C)=O)c2)c2ccc(C)cc2)cc1. The van der Waals surface area contributed by atoms with Crippen LogP contribution in [-0.2, 0) is 6.42 Å². The summed E-state index contributed by atoms with van der Waals surface area (Å²) >= 11 is 0. The van der Waals surface area contributed by atoms with Gasteiger partial charge in [0.2, 0.25) is 0 Å². The van der Waals surface area contributed by atoms with Crippen LogP contribution in [0.2, 0.25) is 0 Å². The molecule has 0 heterocycles. The first kappa shape index (κ1) is 19.6. The molecule has 0 radical (unpaired) electrons. The second kappa shape index (κ2) is 9.18. The number of ether oxygens (including phenoxy) is 1. The molecule has 0 spiro atoms. The molecule has 0 aliphatic rings. The molecule has 0 amide bonds. The Kier molecular flexibility index (Phi) is 6.44. The fraction of sp³-hybridized carbons (Fsp3) is 0.192. The van der Waals surface area contributed by atoms with Crippen LogP contribution in [0.15, 0.2) is 78.9 Å². The van der Waals surface area contributed by atoms with E-state index in [1.807, 2.05) is 30.3 Å². The van der Waals surface area contributed by atoms with E-state index in [2.05, 4.69) is 61.5 Å². The first-order chi connectivity index (χ1) is 13.5. The van der Waals surface area contributed by atoms with Gasteiger partial charge in [0.15, 0.2) is 5.78 Å². The van der Waals surface area contributed by atoms with Gasteiger partial charge < -0.3 is 4.74 Å². The molecule has 0 aliphatic carbocycles. The fourth-order valence-corrected chi connectivity index (χ4v) is 3.22. The minimum absolute atomic E-state index is 0.0995. The maximum atomic E-state index is 11.7. The van der Waals surface area contributed by atoms with E-state index < -0.39 is 0 Å². The third-order valence-corrected chi connectivity index (χ3v) is 4.93. The van der Waals surface area contributed by atoms with Gasteiger partial charge in [-0.2, -0.15) is 0 Å². The Morgan fingerprint density at radius 3 is 2.36 bits per heavy atom. The number of carbonyl (C=O) groups excluding carboxylic acids is 1. The molecule has 28 heavy (non-hydrogen) atoms. The van der Waals surface area contributed by atoms with Crippen LogP contribution in [0.25, 0.3) is 6.08 Å². The Bertz CT molecular complexity index is 950. The topological polar surface area (TPSA) is 26.3 Å². The smallest absolute Gasteiger partial charge is 0.159 e. The van der Waals surface area contributed by atoms with E-state index in [0.29, 0.717) is 0 Å². The van der Waals surface area contributed by atoms with Crippen molar-refractivity contribution in [3.05, 3.63) is 107 Å². The normalized spacial score (nSPS) is 12.1. The second-order valence-corrected chi connectivity index (χ2v) is 7.11. The van der Waals surface area contributed by atoms with Crippen LogP contribution in [0.1, 0.15) is 45.5 Å². The second-order valence-electron chi connectivity index (χ2n) is 7.11. The van der Waals surface area contributed by atoms with E-state index in [1.54, 1.807) is 14.0 Å². The van der Waals surface area contributed by atoms with Gasteiger partial charge in [-0.3, -0.25) is 4.79 Å². The Balaban J connectivity index is 1.88. The summed E-state index contributed by atoms with van der Waals surface area (Å²) in [7, 11) is 1.67. The first-order valence-electron chi connectivity index (χ1n) is 9.54. The zero-order chi connectivity index (χ0) is 19.9. The van der Waals surface area contributed by atoms with Crippen LogP contribution in [0, 0.1) is 6.92 Å². The third-order valence-electron chi connectivity index (χ3n) is 4.93. The van der Waals surface area contributed by atoms with Crippen molar-refractivity contribution in [2.45, 2.75) is 26.2 Å². The minimum atomic E-state index is 0.0995. The van der Waals surface area contributed by atoms with E-state index in [0.717, 1.165) is 28.9 Å². The highest BCUT2D eigenvalue weighted by Gasteiger charge is 2.11. The monoisotopic (exact) mass is 370 g/mol. The number of aryl methyl sites for hydroxylation is 1. The van der Waals surface area contributed by atoms with E-state index in [1.165, 1.54) is 11.1 Å². The van der Waals surface area contributed by atoms with Crippen molar-refractivity contribution in [1.82, 2.24) is 0 Å². The largest absolute Gasteiger partial charge is 0.497 e. The lowest BCUT2D eigenvalue weighted by atomic mass is 9.90. The molecule has 0 aliphatic heterocycles. The maximum absolute atomic E-state index is 11.7. The van der Waals surface area contributed by atoms with Crippen LogP contribution in [0.4, 0.5) is 0 Å². The summed E-state index contributed by atoms with van der Waals surface area (Å²) < 4.78 is 5.23. The van der Waals surface area contributed by atoms with Gasteiger partial charge in [0.25, 0.3) is 0 Å². The molecular formula is C26H26O2. The van der Waals surface area contributed by atoms with E-state index >= 15 is 0 Å². The van der Waals surface area contributed by atoms with Gasteiger partial charge in [0.05, 0.1) is 7.11 Å². The number of ketones is 1. The van der Waals surface area contributed by atoms with Gasteiger partial charge in [-0.25, -0.2) is 0 Å². The molecule has 2 nitrogen and oxygen atoms in total. The quantitative estimate of drug-likeness (QED) is 0.460. The summed E-state index contributed by atoms with van der Waals surface area (Å²) in [6, 6.07) is 24.7. The molecule has 3 aromatic carbocycles. The average Bonchev–Trinajstić information content (AvgIpc) is 2.72. The minimum Gasteiger partial charge on any atom is -0.497 e. The number of benzene rings is 3. The van der Waals surface area contributed by atoms with Gasteiger partial charge in [-0.1, -0.05) is 72.3 Å². The Morgan fingerprint density at radius 2 is 1.71 bits per heavy atom. The molecule has 0 aromatic heterocycles. The van der Waals surface area contributed by atoms with Gasteiger partial charge in [0.1, 0.15) is 5.75 Å². The van der Waals surface area contributed by atoms with Crippen molar-refractivity contribution in [2.24, 2.45) is 0 Å². The zero-order valence-electron chi connectivity index (χ0n) is 16.7. The van der Waals surface area contributed by atoms with Crippen molar-refractivity contribution < 1.29 is 9.53 Å². The lowest BCUT2D eigenvalue weighted by molar-refractivity contribution is 0.101. The van der Waals surface area contributed by atoms with Crippen LogP contribution in [-0.4, -0.2) is 12.9 Å². The van der Waals surface area contributed by atoms with E-state index in [9.17, 15) is 4.79 Å². The molecular weight excluding hydrogens is 344 g/mol. The molecule has 0 bridgehead atoms. The van der Waals surface area contributed by atoms with Gasteiger partial charge >= 0.3 is 0 Å². The summed E-state index contributed by atoms with van der Waals surface area (Å²) in [6.45, 7) is 3.71. The number of hydrogen-bond acceptors (Lipinski definition) is 2. The predicted molar refractivity (Wildman–Crippen MR) is 116 cm³/mol. The van der Waals surface area contributed by atoms with Gasteiger partial charge in [-0.15, -0.1) is 0 Å². The lowest BCUT2D eigenvalue weighted by Crippen LogP contribution is -2.02. The van der Waals surface area contributed by atoms with Gasteiger partial charge in [-0.05, 0) is 55.2 Å². The van der Waals surface area contributed by atoms with Crippen molar-refractivity contribution in [2.75, 3.05) is 7.11 Å². The van der Waals surface area contributed by atoms with E-state index in [4.69, 9.17) is 4.74 Å². The number of rotatable bonds is 7. The lowest BCUT2D eigenvalue weighted by Gasteiger charge is -2.15. The molecule has 142 valence electrons. The van der Waals surface area contributed by atoms with Crippen molar-refractivity contribution >= 4 is 11.9 Å². The number of Topliss-reactive ketones (excluding diaryl/α,β-unsaturated/α-hetero) is 1. The number of carbonyl (C=O) groups is 1. The highest BCUT2D eigenvalue weighted by Crippen LogP contribution is 2.25. The fourth-order valence-electron chi connectivity index (χ4n) is 3.22. The van der Waals surface area contributed by atoms with Crippen LogP contribution >= 0.6 is 0 Å². The van der Waals surface area contributed by atoms with Crippen molar-refractivity contribution in [3.63, 3.8) is 0 Å². The first-order valence-corrected chi connectivity index (χ1v) is 9.54. The van der Waals surface area contributed by atoms with Crippen LogP contribution in [0.3, 0.4) is 0 Å². The Morgan fingerprint density at radius 1 is 1.00 bits per heavy atom. The number of hydrogen-bond donors (Lipinski definition) is 0. The third kappa shape index (κ3) is 5.20. The average molecular weight is 370 g/mol. The number of methoxy groups -OCH3 is 1. The predicted octanol–water partition coefficient (Wildman–Crippen LogP) is 6.25. The molecule has 3 aromatic rings. The van der Waals surface area contributed by atoms with Crippen molar-refractivity contribution in [3.8, 4) is 5.75 Å². The molecule has 1 atom stereocenters. The number of allylic oxidation sites excluding steroid dienone is 1. The molecule has 3 rings (SSSR count). The molecule has 0 fully saturated rings. The molecule has 2 heteroatoms. The summed E-state index contributed by atoms with van der Waals surface area (Å²) in [6.07, 6.45) is 5.24. The molecule has 1 unspecified atom stereocenters. The van der Waals surface area contributed by atoms with Crippen LogP contribution < -0.4 is 4.74 Å². The summed E-state index contributed by atoms with van der Waals surface area (Å²) in [4.78, 5) is 11.7. The summed E-state index contributed by atoms with van der Waals surface area (Å²) in [5, 5.41) is 0. The molecule has 0 saturated carbocycles. The molecule has 0 N–H and O–H groups in total. The maximum Gasteiger partial charge on any atom is 0.159 e. The Labute approximate surface area is 167 Å². The van der Waals surface area contributed by atoms with Crippen molar-refractivity contribution in [1.29, 1.82) is 0 Å². The summed E-state index contributed by atoms with van der Waals surface area (Å²) in [5.41, 5.74) is 5.58.